The van der Waals surface area contributed by atoms with Crippen molar-refractivity contribution >= 4 is 11.6 Å². The van der Waals surface area contributed by atoms with Crippen LogP contribution in [-0.4, -0.2) is 12.5 Å². The highest BCUT2D eigenvalue weighted by Crippen LogP contribution is 2.18. The summed E-state index contributed by atoms with van der Waals surface area (Å²) < 4.78 is 5.80. The van der Waals surface area contributed by atoms with Gasteiger partial charge in [-0.15, -0.1) is 0 Å². The number of hydrogen-bond donors (Lipinski definition) is 1. The van der Waals surface area contributed by atoms with Crippen LogP contribution in [0.25, 0.3) is 0 Å². The van der Waals surface area contributed by atoms with Gasteiger partial charge in [-0.2, -0.15) is 0 Å². The van der Waals surface area contributed by atoms with Gasteiger partial charge >= 0.3 is 0 Å². The Hall–Kier alpha value is -2.29. The number of benzene rings is 2. The predicted molar refractivity (Wildman–Crippen MR) is 109 cm³/mol. The predicted octanol–water partition coefficient (Wildman–Crippen LogP) is 6.00. The van der Waals surface area contributed by atoms with E-state index in [0.717, 1.165) is 37.3 Å². The second-order valence-corrected chi connectivity index (χ2v) is 6.68. The number of carbonyl (C=O) groups excluding carboxylic acids is 1. The van der Waals surface area contributed by atoms with Gasteiger partial charge in [0, 0.05) is 18.2 Å². The Balaban J connectivity index is 1.67. The van der Waals surface area contributed by atoms with E-state index in [-0.39, 0.29) is 5.91 Å². The van der Waals surface area contributed by atoms with Crippen LogP contribution in [0, 0.1) is 0 Å². The van der Waals surface area contributed by atoms with Crippen molar-refractivity contribution in [2.75, 3.05) is 11.9 Å². The largest absolute Gasteiger partial charge is 0.494 e. The lowest BCUT2D eigenvalue weighted by atomic mass is 10.1. The maximum atomic E-state index is 12.1. The van der Waals surface area contributed by atoms with Gasteiger partial charge in [0.1, 0.15) is 5.75 Å². The summed E-state index contributed by atoms with van der Waals surface area (Å²) in [7, 11) is 0. The number of rotatable bonds is 12. The van der Waals surface area contributed by atoms with Crippen LogP contribution < -0.4 is 10.1 Å². The molecule has 2 rings (SSSR count). The van der Waals surface area contributed by atoms with Gasteiger partial charge in [-0.1, -0.05) is 69.0 Å². The van der Waals surface area contributed by atoms with E-state index in [1.165, 1.54) is 31.2 Å². The summed E-state index contributed by atoms with van der Waals surface area (Å²) in [5, 5.41) is 2.97. The van der Waals surface area contributed by atoms with Crippen LogP contribution in [0.4, 0.5) is 5.69 Å². The summed E-state index contributed by atoms with van der Waals surface area (Å²) >= 11 is 0. The van der Waals surface area contributed by atoms with Gasteiger partial charge in [-0.3, -0.25) is 4.79 Å². The third-order valence-electron chi connectivity index (χ3n) is 4.35. The van der Waals surface area contributed by atoms with E-state index in [1.807, 2.05) is 42.5 Å². The van der Waals surface area contributed by atoms with Crippen LogP contribution in [0.1, 0.15) is 57.4 Å². The second kappa shape index (κ2) is 12.1. The molecule has 0 heterocycles. The standard InChI is InChI=1S/C23H31NO2/c1-2-3-4-5-9-18-26-22-16-11-15-21(19-22)24-23(25)17-10-14-20-12-7-6-8-13-20/h6-8,11-13,15-16,19H,2-5,9-10,14,17-18H2,1H3,(H,24,25). The van der Waals surface area contributed by atoms with E-state index in [0.29, 0.717) is 6.42 Å². The van der Waals surface area contributed by atoms with Crippen LogP contribution in [0.5, 0.6) is 5.75 Å². The smallest absolute Gasteiger partial charge is 0.224 e. The molecule has 0 aromatic heterocycles. The van der Waals surface area contributed by atoms with Gasteiger partial charge in [0.15, 0.2) is 0 Å². The zero-order valence-corrected chi connectivity index (χ0v) is 15.9. The molecule has 26 heavy (non-hydrogen) atoms. The summed E-state index contributed by atoms with van der Waals surface area (Å²) in [6.45, 7) is 2.95. The molecule has 0 atom stereocenters. The maximum absolute atomic E-state index is 12.1. The number of aryl methyl sites for hydroxylation is 1. The molecule has 0 saturated heterocycles. The van der Waals surface area contributed by atoms with E-state index in [1.54, 1.807) is 0 Å². The van der Waals surface area contributed by atoms with Gasteiger partial charge in [0.25, 0.3) is 0 Å². The molecule has 2 aromatic rings. The lowest BCUT2D eigenvalue weighted by Crippen LogP contribution is -2.11. The van der Waals surface area contributed by atoms with Gasteiger partial charge in [-0.25, -0.2) is 0 Å². The monoisotopic (exact) mass is 353 g/mol. The molecule has 0 aliphatic heterocycles. The first kappa shape index (κ1) is 20.0. The van der Waals surface area contributed by atoms with Crippen molar-refractivity contribution in [3.8, 4) is 5.75 Å². The number of unbranched alkanes of at least 4 members (excludes halogenated alkanes) is 4. The molecular formula is C23H31NO2. The Kier molecular flexibility index (Phi) is 9.34. The lowest BCUT2D eigenvalue weighted by Gasteiger charge is -2.09. The highest BCUT2D eigenvalue weighted by atomic mass is 16.5. The summed E-state index contributed by atoms with van der Waals surface area (Å²) in [5.41, 5.74) is 2.08. The van der Waals surface area contributed by atoms with Crippen LogP contribution in [0.3, 0.4) is 0 Å². The molecule has 0 spiro atoms. The number of carbonyl (C=O) groups is 1. The van der Waals surface area contributed by atoms with Gasteiger partial charge < -0.3 is 10.1 Å². The van der Waals surface area contributed by atoms with Gasteiger partial charge in [-0.05, 0) is 37.0 Å². The SMILES string of the molecule is CCCCCCCOc1cccc(NC(=O)CCCc2ccccc2)c1. The first-order valence-electron chi connectivity index (χ1n) is 9.84. The molecule has 0 radical (unpaired) electrons. The topological polar surface area (TPSA) is 38.3 Å². The average Bonchev–Trinajstić information content (AvgIpc) is 2.66. The summed E-state index contributed by atoms with van der Waals surface area (Å²) in [4.78, 5) is 12.1. The van der Waals surface area contributed by atoms with E-state index < -0.39 is 0 Å². The molecular weight excluding hydrogens is 322 g/mol. The van der Waals surface area contributed by atoms with Crippen LogP contribution >= 0.6 is 0 Å². The number of ether oxygens (including phenoxy) is 1. The minimum absolute atomic E-state index is 0.0534. The van der Waals surface area contributed by atoms with Crippen molar-refractivity contribution in [3.05, 3.63) is 60.2 Å². The molecule has 0 aliphatic rings. The number of anilines is 1. The average molecular weight is 354 g/mol. The fourth-order valence-electron chi connectivity index (χ4n) is 2.88. The third-order valence-corrected chi connectivity index (χ3v) is 4.35. The molecule has 0 bridgehead atoms. The van der Waals surface area contributed by atoms with Crippen LogP contribution in [0.2, 0.25) is 0 Å². The minimum Gasteiger partial charge on any atom is -0.494 e. The normalized spacial score (nSPS) is 10.5. The highest BCUT2D eigenvalue weighted by Gasteiger charge is 2.04. The van der Waals surface area contributed by atoms with Crippen molar-refractivity contribution in [1.29, 1.82) is 0 Å². The van der Waals surface area contributed by atoms with Crippen molar-refractivity contribution in [3.63, 3.8) is 0 Å². The van der Waals surface area contributed by atoms with Gasteiger partial charge in [0.2, 0.25) is 5.91 Å². The Morgan fingerprint density at radius 1 is 0.923 bits per heavy atom. The number of hydrogen-bond acceptors (Lipinski definition) is 2. The molecule has 3 heteroatoms. The van der Waals surface area contributed by atoms with Crippen molar-refractivity contribution in [2.45, 2.75) is 58.3 Å². The van der Waals surface area contributed by atoms with Crippen LogP contribution in [-0.2, 0) is 11.2 Å². The first-order valence-corrected chi connectivity index (χ1v) is 9.84. The van der Waals surface area contributed by atoms with E-state index in [4.69, 9.17) is 4.74 Å². The Bertz CT molecular complexity index is 640. The lowest BCUT2D eigenvalue weighted by molar-refractivity contribution is -0.116. The molecule has 140 valence electrons. The minimum atomic E-state index is 0.0534. The van der Waals surface area contributed by atoms with Crippen LogP contribution in [0.15, 0.2) is 54.6 Å². The first-order chi connectivity index (χ1) is 12.8. The molecule has 1 amide bonds. The number of amides is 1. The fourth-order valence-corrected chi connectivity index (χ4v) is 2.88. The van der Waals surface area contributed by atoms with Crippen molar-refractivity contribution in [2.24, 2.45) is 0 Å². The van der Waals surface area contributed by atoms with Crippen molar-refractivity contribution < 1.29 is 9.53 Å². The van der Waals surface area contributed by atoms with E-state index in [9.17, 15) is 4.79 Å². The summed E-state index contributed by atoms with van der Waals surface area (Å²) in [6, 6.07) is 17.9. The molecule has 0 saturated carbocycles. The summed E-state index contributed by atoms with van der Waals surface area (Å²) in [5.74, 6) is 0.875. The Morgan fingerprint density at radius 3 is 2.54 bits per heavy atom. The van der Waals surface area contributed by atoms with E-state index in [2.05, 4.69) is 24.4 Å². The molecule has 3 nitrogen and oxygen atoms in total. The second-order valence-electron chi connectivity index (χ2n) is 6.68. The molecule has 1 N–H and O–H groups in total. The molecule has 0 unspecified atom stereocenters. The Labute approximate surface area is 157 Å². The molecule has 0 aliphatic carbocycles. The quantitative estimate of drug-likeness (QED) is 0.475. The molecule has 2 aromatic carbocycles. The van der Waals surface area contributed by atoms with Gasteiger partial charge in [0.05, 0.1) is 6.61 Å². The maximum Gasteiger partial charge on any atom is 0.224 e. The Morgan fingerprint density at radius 2 is 1.73 bits per heavy atom. The summed E-state index contributed by atoms with van der Waals surface area (Å²) in [6.07, 6.45) is 8.43. The third kappa shape index (κ3) is 8.19. The van der Waals surface area contributed by atoms with E-state index >= 15 is 0 Å². The number of nitrogens with one attached hydrogen (secondary N) is 1. The van der Waals surface area contributed by atoms with Crippen molar-refractivity contribution in [1.82, 2.24) is 0 Å². The fraction of sp³-hybridized carbons (Fsp3) is 0.435. The zero-order chi connectivity index (χ0) is 18.5. The highest BCUT2D eigenvalue weighted by molar-refractivity contribution is 5.90. The zero-order valence-electron chi connectivity index (χ0n) is 15.9. The molecule has 0 fully saturated rings.